The fourth-order valence-corrected chi connectivity index (χ4v) is 3.01. The van der Waals surface area contributed by atoms with Gasteiger partial charge in [-0.3, -0.25) is 0 Å². The van der Waals surface area contributed by atoms with Crippen molar-refractivity contribution in [1.29, 1.82) is 0 Å². The molecule has 22 heavy (non-hydrogen) atoms. The predicted molar refractivity (Wildman–Crippen MR) is 95.4 cm³/mol. The van der Waals surface area contributed by atoms with E-state index >= 15 is 0 Å². The zero-order valence-corrected chi connectivity index (χ0v) is 15.2. The second-order valence-corrected chi connectivity index (χ2v) is 6.07. The molecule has 118 valence electrons. The molecular formula is C17H19BrClNO2. The summed E-state index contributed by atoms with van der Waals surface area (Å²) in [6, 6.07) is 9.85. The predicted octanol–water partition coefficient (Wildman–Crippen LogP) is 5.43. The number of methoxy groups -OCH3 is 1. The molecule has 0 radical (unpaired) electrons. The van der Waals surface area contributed by atoms with Crippen LogP contribution in [0.1, 0.15) is 18.1 Å². The molecule has 0 atom stereocenters. The summed E-state index contributed by atoms with van der Waals surface area (Å²) in [6.45, 7) is 5.21. The maximum Gasteiger partial charge on any atom is 0.174 e. The minimum absolute atomic E-state index is 0.590. The first-order chi connectivity index (χ1) is 10.6. The quantitative estimate of drug-likeness (QED) is 0.720. The van der Waals surface area contributed by atoms with E-state index in [0.717, 1.165) is 32.1 Å². The van der Waals surface area contributed by atoms with E-state index in [1.165, 1.54) is 0 Å². The largest absolute Gasteiger partial charge is 0.492 e. The highest BCUT2D eigenvalue weighted by Crippen LogP contribution is 2.36. The number of halogens is 2. The van der Waals surface area contributed by atoms with Gasteiger partial charge in [0, 0.05) is 17.3 Å². The molecule has 0 aliphatic carbocycles. The molecule has 2 rings (SSSR count). The number of nitrogens with one attached hydrogen (secondary N) is 1. The minimum Gasteiger partial charge on any atom is -0.492 e. The number of rotatable bonds is 6. The summed E-state index contributed by atoms with van der Waals surface area (Å²) >= 11 is 9.67. The Balaban J connectivity index is 2.21. The third-order valence-electron chi connectivity index (χ3n) is 3.32. The number of hydrogen-bond donors (Lipinski definition) is 1. The number of ether oxygens (including phenoxy) is 2. The number of hydrogen-bond acceptors (Lipinski definition) is 3. The maximum absolute atomic E-state index is 6.14. The molecule has 0 saturated carbocycles. The molecule has 0 amide bonds. The zero-order chi connectivity index (χ0) is 16.1. The minimum atomic E-state index is 0.590. The van der Waals surface area contributed by atoms with E-state index in [0.29, 0.717) is 18.9 Å². The Labute approximate surface area is 144 Å². The van der Waals surface area contributed by atoms with E-state index in [-0.39, 0.29) is 0 Å². The summed E-state index contributed by atoms with van der Waals surface area (Å²) < 4.78 is 11.9. The van der Waals surface area contributed by atoms with Crippen LogP contribution < -0.4 is 14.8 Å². The highest BCUT2D eigenvalue weighted by Gasteiger charge is 2.11. The first-order valence-electron chi connectivity index (χ1n) is 7.05. The summed E-state index contributed by atoms with van der Waals surface area (Å²) in [5.41, 5.74) is 3.16. The second kappa shape index (κ2) is 7.75. The molecule has 0 aromatic heterocycles. The van der Waals surface area contributed by atoms with Gasteiger partial charge in [-0.05, 0) is 65.2 Å². The zero-order valence-electron chi connectivity index (χ0n) is 12.9. The van der Waals surface area contributed by atoms with Gasteiger partial charge in [0.05, 0.1) is 18.2 Å². The summed E-state index contributed by atoms with van der Waals surface area (Å²) in [7, 11) is 1.63. The van der Waals surface area contributed by atoms with Crippen molar-refractivity contribution in [3.8, 4) is 11.5 Å². The molecule has 0 fully saturated rings. The fourth-order valence-electron chi connectivity index (χ4n) is 2.18. The summed E-state index contributed by atoms with van der Waals surface area (Å²) in [5.74, 6) is 1.45. The van der Waals surface area contributed by atoms with E-state index in [2.05, 4.69) is 21.2 Å². The van der Waals surface area contributed by atoms with Crippen molar-refractivity contribution in [2.75, 3.05) is 19.0 Å². The summed E-state index contributed by atoms with van der Waals surface area (Å²) in [5, 5.41) is 4.16. The van der Waals surface area contributed by atoms with Crippen LogP contribution in [0.4, 0.5) is 5.69 Å². The van der Waals surface area contributed by atoms with Gasteiger partial charge < -0.3 is 14.8 Å². The fraction of sp³-hybridized carbons (Fsp3) is 0.294. The van der Waals surface area contributed by atoms with Crippen LogP contribution in [-0.4, -0.2) is 13.7 Å². The Morgan fingerprint density at radius 1 is 1.27 bits per heavy atom. The molecule has 1 N–H and O–H groups in total. The van der Waals surface area contributed by atoms with Crippen LogP contribution in [0.5, 0.6) is 11.5 Å². The van der Waals surface area contributed by atoms with Gasteiger partial charge in [-0.2, -0.15) is 0 Å². The van der Waals surface area contributed by atoms with Gasteiger partial charge in [0.2, 0.25) is 0 Å². The molecule has 2 aromatic carbocycles. The van der Waals surface area contributed by atoms with Gasteiger partial charge in [-0.25, -0.2) is 0 Å². The Morgan fingerprint density at radius 2 is 2.05 bits per heavy atom. The Kier molecular flexibility index (Phi) is 5.98. The molecule has 0 saturated heterocycles. The van der Waals surface area contributed by atoms with Crippen molar-refractivity contribution in [2.24, 2.45) is 0 Å². The van der Waals surface area contributed by atoms with E-state index in [1.807, 2.05) is 44.2 Å². The molecule has 0 aliphatic rings. The van der Waals surface area contributed by atoms with Crippen LogP contribution >= 0.6 is 27.5 Å². The molecular weight excluding hydrogens is 366 g/mol. The molecule has 2 aromatic rings. The van der Waals surface area contributed by atoms with Crippen LogP contribution in [0.25, 0.3) is 0 Å². The van der Waals surface area contributed by atoms with Gasteiger partial charge in [-0.1, -0.05) is 17.7 Å². The lowest BCUT2D eigenvalue weighted by molar-refractivity contribution is 0.309. The molecule has 0 heterocycles. The van der Waals surface area contributed by atoms with Crippen molar-refractivity contribution in [3.63, 3.8) is 0 Å². The molecule has 0 spiro atoms. The van der Waals surface area contributed by atoms with Crippen molar-refractivity contribution in [2.45, 2.75) is 20.4 Å². The second-order valence-electron chi connectivity index (χ2n) is 4.81. The smallest absolute Gasteiger partial charge is 0.174 e. The molecule has 0 aliphatic heterocycles. The van der Waals surface area contributed by atoms with Crippen LogP contribution in [0.15, 0.2) is 34.8 Å². The lowest BCUT2D eigenvalue weighted by atomic mass is 10.1. The van der Waals surface area contributed by atoms with Gasteiger partial charge in [0.15, 0.2) is 11.5 Å². The SMILES string of the molecule is CCOc1cc(CNc2cccc(Cl)c2C)cc(Br)c1OC. The maximum atomic E-state index is 6.14. The first kappa shape index (κ1) is 17.0. The van der Waals surface area contributed by atoms with E-state index in [9.17, 15) is 0 Å². The monoisotopic (exact) mass is 383 g/mol. The van der Waals surface area contributed by atoms with Gasteiger partial charge in [0.1, 0.15) is 0 Å². The van der Waals surface area contributed by atoms with E-state index < -0.39 is 0 Å². The Hall–Kier alpha value is -1.39. The Morgan fingerprint density at radius 3 is 2.73 bits per heavy atom. The third kappa shape index (κ3) is 3.87. The van der Waals surface area contributed by atoms with Gasteiger partial charge in [-0.15, -0.1) is 0 Å². The third-order valence-corrected chi connectivity index (χ3v) is 4.32. The number of benzene rings is 2. The van der Waals surface area contributed by atoms with Crippen LogP contribution in [0, 0.1) is 6.92 Å². The van der Waals surface area contributed by atoms with Crippen LogP contribution in [0.3, 0.4) is 0 Å². The highest BCUT2D eigenvalue weighted by atomic mass is 79.9. The van der Waals surface area contributed by atoms with E-state index in [4.69, 9.17) is 21.1 Å². The highest BCUT2D eigenvalue weighted by molar-refractivity contribution is 9.10. The first-order valence-corrected chi connectivity index (χ1v) is 8.22. The van der Waals surface area contributed by atoms with Gasteiger partial charge in [0.25, 0.3) is 0 Å². The molecule has 3 nitrogen and oxygen atoms in total. The lowest BCUT2D eigenvalue weighted by Gasteiger charge is -2.15. The van der Waals surface area contributed by atoms with Crippen molar-refractivity contribution < 1.29 is 9.47 Å². The standard InChI is InChI=1S/C17H19BrClNO2/c1-4-22-16-9-12(8-13(18)17(16)21-3)10-20-15-7-5-6-14(19)11(15)2/h5-9,20H,4,10H2,1-3H3. The lowest BCUT2D eigenvalue weighted by Crippen LogP contribution is -2.03. The molecule has 0 bridgehead atoms. The van der Waals surface area contributed by atoms with Crippen molar-refractivity contribution >= 4 is 33.2 Å². The Bertz CT molecular complexity index is 661. The van der Waals surface area contributed by atoms with Crippen molar-refractivity contribution in [1.82, 2.24) is 0 Å². The average Bonchev–Trinajstić information content (AvgIpc) is 2.49. The molecule has 5 heteroatoms. The summed E-state index contributed by atoms with van der Waals surface area (Å²) in [4.78, 5) is 0. The molecule has 0 unspecified atom stereocenters. The van der Waals surface area contributed by atoms with Crippen LogP contribution in [0.2, 0.25) is 5.02 Å². The normalized spacial score (nSPS) is 10.4. The van der Waals surface area contributed by atoms with Crippen LogP contribution in [-0.2, 0) is 6.54 Å². The number of anilines is 1. The topological polar surface area (TPSA) is 30.5 Å². The van der Waals surface area contributed by atoms with Crippen molar-refractivity contribution in [3.05, 3.63) is 51.0 Å². The average molecular weight is 385 g/mol. The van der Waals surface area contributed by atoms with E-state index in [1.54, 1.807) is 7.11 Å². The summed E-state index contributed by atoms with van der Waals surface area (Å²) in [6.07, 6.45) is 0. The van der Waals surface area contributed by atoms with Gasteiger partial charge >= 0.3 is 0 Å².